The topological polar surface area (TPSA) is 93.5 Å². The highest BCUT2D eigenvalue weighted by Crippen LogP contribution is 2.22. The molecular weight excluding hydrogens is 354 g/mol. The van der Waals surface area contributed by atoms with Gasteiger partial charge in [0.05, 0.1) is 19.8 Å². The second-order valence-corrected chi connectivity index (χ2v) is 6.76. The minimum absolute atomic E-state index is 0.0107. The molecule has 7 nitrogen and oxygen atoms in total. The lowest BCUT2D eigenvalue weighted by atomic mass is 10.0. The number of allylic oxidation sites excluding steroid dienone is 1. The first-order valence-corrected chi connectivity index (χ1v) is 9.55. The van der Waals surface area contributed by atoms with Gasteiger partial charge in [0.15, 0.2) is 5.57 Å². The summed E-state index contributed by atoms with van der Waals surface area (Å²) < 4.78 is 15.7. The Bertz CT molecular complexity index is 635. The van der Waals surface area contributed by atoms with Gasteiger partial charge in [-0.1, -0.05) is 32.1 Å². The Morgan fingerprint density at radius 2 is 2.12 bits per heavy atom. The SMILES string of the molecule is CCCOc1ncc(CN/C(=C(/C#N)C(=O)OCCOCC)C(C)C)s1. The summed E-state index contributed by atoms with van der Waals surface area (Å²) in [6.45, 7) is 9.79. The molecule has 0 aliphatic rings. The Hall–Kier alpha value is -2.11. The minimum atomic E-state index is -0.639. The zero-order chi connectivity index (χ0) is 19.4. The Morgan fingerprint density at radius 1 is 1.35 bits per heavy atom. The number of nitriles is 1. The lowest BCUT2D eigenvalue weighted by Crippen LogP contribution is -2.23. The van der Waals surface area contributed by atoms with E-state index in [4.69, 9.17) is 14.2 Å². The molecule has 0 bridgehead atoms. The molecule has 8 heteroatoms. The van der Waals surface area contributed by atoms with Gasteiger partial charge < -0.3 is 19.5 Å². The molecule has 26 heavy (non-hydrogen) atoms. The molecule has 0 radical (unpaired) electrons. The minimum Gasteiger partial charge on any atom is -0.470 e. The highest BCUT2D eigenvalue weighted by molar-refractivity contribution is 7.13. The van der Waals surface area contributed by atoms with Gasteiger partial charge in [0, 0.05) is 23.4 Å². The number of hydrogen-bond donors (Lipinski definition) is 1. The number of nitrogens with zero attached hydrogens (tertiary/aromatic N) is 2. The molecule has 0 saturated heterocycles. The van der Waals surface area contributed by atoms with E-state index in [1.165, 1.54) is 11.3 Å². The van der Waals surface area contributed by atoms with E-state index < -0.39 is 5.97 Å². The number of hydrogen-bond acceptors (Lipinski definition) is 8. The summed E-state index contributed by atoms with van der Waals surface area (Å²) in [5.74, 6) is -0.674. The van der Waals surface area contributed by atoms with Crippen molar-refractivity contribution < 1.29 is 19.0 Å². The van der Waals surface area contributed by atoms with Crippen LogP contribution in [0.4, 0.5) is 0 Å². The third-order valence-corrected chi connectivity index (χ3v) is 4.15. The summed E-state index contributed by atoms with van der Waals surface area (Å²) in [5.41, 5.74) is 0.543. The Morgan fingerprint density at radius 3 is 2.73 bits per heavy atom. The lowest BCUT2D eigenvalue weighted by Gasteiger charge is -2.16. The lowest BCUT2D eigenvalue weighted by molar-refractivity contribution is -0.140. The average molecular weight is 381 g/mol. The summed E-state index contributed by atoms with van der Waals surface area (Å²) >= 11 is 1.44. The van der Waals surface area contributed by atoms with Crippen molar-refractivity contribution in [1.29, 1.82) is 5.26 Å². The van der Waals surface area contributed by atoms with Gasteiger partial charge >= 0.3 is 5.97 Å². The molecule has 0 spiro atoms. The first-order chi connectivity index (χ1) is 12.5. The van der Waals surface area contributed by atoms with E-state index >= 15 is 0 Å². The van der Waals surface area contributed by atoms with Crippen molar-refractivity contribution in [1.82, 2.24) is 10.3 Å². The van der Waals surface area contributed by atoms with Crippen LogP contribution in [-0.2, 0) is 20.8 Å². The summed E-state index contributed by atoms with van der Waals surface area (Å²) in [4.78, 5) is 17.3. The summed E-state index contributed by atoms with van der Waals surface area (Å²) in [6.07, 6.45) is 2.65. The van der Waals surface area contributed by atoms with Gasteiger partial charge in [0.2, 0.25) is 0 Å². The Kier molecular flexibility index (Phi) is 10.4. The van der Waals surface area contributed by atoms with E-state index in [0.29, 0.717) is 37.3 Å². The molecule has 0 saturated carbocycles. The average Bonchev–Trinajstić information content (AvgIpc) is 3.07. The number of thiazole rings is 1. The predicted octanol–water partition coefficient (Wildman–Crippen LogP) is 3.03. The van der Waals surface area contributed by atoms with Crippen LogP contribution in [-0.4, -0.2) is 37.4 Å². The fraction of sp³-hybridized carbons (Fsp3) is 0.611. The van der Waals surface area contributed by atoms with Gasteiger partial charge in [-0.3, -0.25) is 0 Å². The first-order valence-electron chi connectivity index (χ1n) is 8.73. The van der Waals surface area contributed by atoms with Crippen molar-refractivity contribution in [3.63, 3.8) is 0 Å². The van der Waals surface area contributed by atoms with Crippen LogP contribution in [0.5, 0.6) is 5.19 Å². The highest BCUT2D eigenvalue weighted by Gasteiger charge is 2.19. The van der Waals surface area contributed by atoms with Crippen molar-refractivity contribution >= 4 is 17.3 Å². The van der Waals surface area contributed by atoms with Gasteiger partial charge in [0.1, 0.15) is 12.7 Å². The maximum absolute atomic E-state index is 12.2. The molecule has 0 fully saturated rings. The van der Waals surface area contributed by atoms with Crippen LogP contribution in [0.2, 0.25) is 0 Å². The van der Waals surface area contributed by atoms with E-state index in [-0.39, 0.29) is 18.1 Å². The summed E-state index contributed by atoms with van der Waals surface area (Å²) in [6, 6.07) is 1.96. The fourth-order valence-corrected chi connectivity index (χ4v) is 2.74. The molecule has 144 valence electrons. The summed E-state index contributed by atoms with van der Waals surface area (Å²) in [5, 5.41) is 13.2. The van der Waals surface area contributed by atoms with E-state index in [1.807, 2.05) is 33.8 Å². The molecule has 1 rings (SSSR count). The zero-order valence-corrected chi connectivity index (χ0v) is 16.6. The van der Waals surface area contributed by atoms with Gasteiger partial charge in [-0.15, -0.1) is 0 Å². The van der Waals surface area contributed by atoms with Crippen LogP contribution in [0.15, 0.2) is 17.5 Å². The van der Waals surface area contributed by atoms with Crippen molar-refractivity contribution in [2.45, 2.75) is 40.7 Å². The van der Waals surface area contributed by atoms with E-state index in [0.717, 1.165) is 11.3 Å². The molecule has 1 aromatic heterocycles. The van der Waals surface area contributed by atoms with Gasteiger partial charge in [-0.05, 0) is 19.3 Å². The van der Waals surface area contributed by atoms with Gasteiger partial charge in [-0.25, -0.2) is 9.78 Å². The van der Waals surface area contributed by atoms with Crippen LogP contribution >= 0.6 is 11.3 Å². The van der Waals surface area contributed by atoms with Crippen molar-refractivity contribution in [3.05, 3.63) is 22.3 Å². The third-order valence-electron chi connectivity index (χ3n) is 3.24. The quantitative estimate of drug-likeness (QED) is 0.257. The van der Waals surface area contributed by atoms with Crippen LogP contribution in [0.3, 0.4) is 0 Å². The molecule has 0 aromatic carbocycles. The smallest absolute Gasteiger partial charge is 0.350 e. The third kappa shape index (κ3) is 7.42. The Labute approximate surface area is 159 Å². The molecule has 0 unspecified atom stereocenters. The standard InChI is InChI=1S/C18H27N3O4S/c1-5-7-25-18-21-12-14(26-18)11-20-16(13(3)4)15(10-19)17(22)24-9-8-23-6-2/h12-13,20H,5-9,11H2,1-4H3/b16-15-. The van der Waals surface area contributed by atoms with Crippen LogP contribution < -0.4 is 10.1 Å². The van der Waals surface area contributed by atoms with Gasteiger partial charge in [0.25, 0.3) is 5.19 Å². The van der Waals surface area contributed by atoms with Crippen molar-refractivity contribution in [3.8, 4) is 11.3 Å². The monoisotopic (exact) mass is 381 g/mol. The number of carbonyl (C=O) groups excluding carboxylic acids is 1. The molecule has 0 amide bonds. The maximum atomic E-state index is 12.2. The van der Waals surface area contributed by atoms with Crippen LogP contribution in [0.25, 0.3) is 0 Å². The fourth-order valence-electron chi connectivity index (χ4n) is 2.02. The molecule has 1 heterocycles. The summed E-state index contributed by atoms with van der Waals surface area (Å²) in [7, 11) is 0. The number of carbonyl (C=O) groups is 1. The van der Waals surface area contributed by atoms with Gasteiger partial charge in [-0.2, -0.15) is 5.26 Å². The zero-order valence-electron chi connectivity index (χ0n) is 15.8. The predicted molar refractivity (Wildman–Crippen MR) is 99.7 cm³/mol. The second-order valence-electron chi connectivity index (χ2n) is 5.68. The number of rotatable bonds is 12. The second kappa shape index (κ2) is 12.3. The molecule has 0 aliphatic carbocycles. The molecule has 0 aliphatic heterocycles. The van der Waals surface area contributed by atoms with E-state index in [2.05, 4.69) is 10.3 Å². The molecular formula is C18H27N3O4S. The number of esters is 1. The number of ether oxygens (including phenoxy) is 3. The highest BCUT2D eigenvalue weighted by atomic mass is 32.1. The largest absolute Gasteiger partial charge is 0.470 e. The maximum Gasteiger partial charge on any atom is 0.350 e. The Balaban J connectivity index is 2.74. The van der Waals surface area contributed by atoms with E-state index in [9.17, 15) is 10.1 Å². The number of nitrogens with one attached hydrogen (secondary N) is 1. The van der Waals surface area contributed by atoms with Crippen molar-refractivity contribution in [2.24, 2.45) is 5.92 Å². The first kappa shape index (κ1) is 21.9. The molecule has 1 aromatic rings. The van der Waals surface area contributed by atoms with Crippen LogP contribution in [0.1, 0.15) is 39.0 Å². The van der Waals surface area contributed by atoms with E-state index in [1.54, 1.807) is 6.20 Å². The number of aromatic nitrogens is 1. The molecule has 0 atom stereocenters. The van der Waals surface area contributed by atoms with Crippen molar-refractivity contribution in [2.75, 3.05) is 26.4 Å². The van der Waals surface area contributed by atoms with Crippen LogP contribution in [0, 0.1) is 17.2 Å². The normalized spacial score (nSPS) is 11.7. The molecule has 1 N–H and O–H groups in total.